The molecule has 2 amide bonds. The van der Waals surface area contributed by atoms with Crippen LogP contribution >= 0.6 is 0 Å². The van der Waals surface area contributed by atoms with E-state index in [1.165, 1.54) is 4.90 Å². The molecule has 0 radical (unpaired) electrons. The van der Waals surface area contributed by atoms with Gasteiger partial charge in [0.05, 0.1) is 24.8 Å². The number of imide groups is 1. The highest BCUT2D eigenvalue weighted by atomic mass is 16.7. The minimum Gasteiger partial charge on any atom is -0.494 e. The van der Waals surface area contributed by atoms with Gasteiger partial charge in [-0.3, -0.25) is 9.59 Å². The second-order valence-electron chi connectivity index (χ2n) is 6.32. The van der Waals surface area contributed by atoms with Crippen LogP contribution in [0, 0.1) is 0 Å². The first kappa shape index (κ1) is 17.4. The van der Waals surface area contributed by atoms with Crippen LogP contribution in [0.1, 0.15) is 18.9 Å². The number of carbonyl (C=O) groups excluding carboxylic acids is 2. The fourth-order valence-corrected chi connectivity index (χ4v) is 3.23. The van der Waals surface area contributed by atoms with Crippen LogP contribution in [0.3, 0.4) is 0 Å². The van der Waals surface area contributed by atoms with Gasteiger partial charge < -0.3 is 19.5 Å². The quantitative estimate of drug-likeness (QED) is 0.788. The lowest BCUT2D eigenvalue weighted by molar-refractivity contribution is -0.121. The molecule has 0 unspecified atom stereocenters. The average molecular weight is 368 g/mol. The molecule has 0 spiro atoms. The predicted octanol–water partition coefficient (Wildman–Crippen LogP) is 2.24. The molecule has 0 aliphatic carbocycles. The molecule has 7 nitrogen and oxygen atoms in total. The maximum absolute atomic E-state index is 12.8. The lowest BCUT2D eigenvalue weighted by Crippen LogP contribution is -2.38. The number of hydrogen-bond donors (Lipinski definition) is 1. The number of hydrogen-bond acceptors (Lipinski definition) is 6. The van der Waals surface area contributed by atoms with Crippen molar-refractivity contribution in [2.45, 2.75) is 25.9 Å². The van der Waals surface area contributed by atoms with E-state index in [1.807, 2.05) is 25.1 Å². The Bertz CT molecular complexity index is 882. The van der Waals surface area contributed by atoms with E-state index >= 15 is 0 Å². The Labute approximate surface area is 156 Å². The number of ether oxygens (including phenoxy) is 3. The van der Waals surface area contributed by atoms with E-state index in [0.717, 1.165) is 5.56 Å². The summed E-state index contributed by atoms with van der Waals surface area (Å²) >= 11 is 0. The van der Waals surface area contributed by atoms with Crippen LogP contribution in [-0.2, 0) is 16.1 Å². The normalized spacial score (nSPS) is 18.3. The highest BCUT2D eigenvalue weighted by Gasteiger charge is 2.39. The molecular weight excluding hydrogens is 348 g/mol. The molecule has 1 fully saturated rings. The van der Waals surface area contributed by atoms with Gasteiger partial charge in [0.1, 0.15) is 5.75 Å². The molecule has 4 rings (SSSR count). The largest absolute Gasteiger partial charge is 0.494 e. The van der Waals surface area contributed by atoms with Crippen LogP contribution in [0.4, 0.5) is 5.69 Å². The van der Waals surface area contributed by atoms with Crippen molar-refractivity contribution in [2.75, 3.05) is 18.3 Å². The molecule has 7 heteroatoms. The first-order chi connectivity index (χ1) is 13.2. The molecule has 2 aromatic rings. The zero-order chi connectivity index (χ0) is 18.8. The van der Waals surface area contributed by atoms with Crippen molar-refractivity contribution < 1.29 is 23.8 Å². The lowest BCUT2D eigenvalue weighted by atomic mass is 10.1. The van der Waals surface area contributed by atoms with E-state index < -0.39 is 6.04 Å². The summed E-state index contributed by atoms with van der Waals surface area (Å²) < 4.78 is 16.1. The van der Waals surface area contributed by atoms with Crippen molar-refractivity contribution in [3.63, 3.8) is 0 Å². The van der Waals surface area contributed by atoms with Gasteiger partial charge in [0.2, 0.25) is 12.7 Å². The van der Waals surface area contributed by atoms with Crippen molar-refractivity contribution in [1.29, 1.82) is 0 Å². The van der Waals surface area contributed by atoms with Gasteiger partial charge in [0, 0.05) is 12.6 Å². The van der Waals surface area contributed by atoms with E-state index in [0.29, 0.717) is 36.1 Å². The Morgan fingerprint density at radius 1 is 1.15 bits per heavy atom. The van der Waals surface area contributed by atoms with E-state index in [-0.39, 0.29) is 25.0 Å². The predicted molar refractivity (Wildman–Crippen MR) is 97.9 cm³/mol. The summed E-state index contributed by atoms with van der Waals surface area (Å²) in [5.74, 6) is 1.56. The Balaban J connectivity index is 1.44. The summed E-state index contributed by atoms with van der Waals surface area (Å²) in [7, 11) is 0. The van der Waals surface area contributed by atoms with Crippen LogP contribution in [0.25, 0.3) is 0 Å². The van der Waals surface area contributed by atoms with E-state index in [2.05, 4.69) is 5.32 Å². The molecule has 0 saturated carbocycles. The topological polar surface area (TPSA) is 77.1 Å². The molecule has 2 heterocycles. The first-order valence-corrected chi connectivity index (χ1v) is 8.87. The van der Waals surface area contributed by atoms with E-state index in [4.69, 9.17) is 14.2 Å². The summed E-state index contributed by atoms with van der Waals surface area (Å²) in [6, 6.07) is 12.1. The van der Waals surface area contributed by atoms with Gasteiger partial charge in [-0.1, -0.05) is 12.1 Å². The SMILES string of the molecule is CCOc1cccc(N2C(=O)C[C@H](NCc3ccc4c(c3)OCO4)C2=O)c1. The molecule has 1 saturated heterocycles. The molecule has 0 bridgehead atoms. The lowest BCUT2D eigenvalue weighted by Gasteiger charge is -2.16. The number of amides is 2. The van der Waals surface area contributed by atoms with Crippen LogP contribution in [-0.4, -0.2) is 31.3 Å². The van der Waals surface area contributed by atoms with Gasteiger partial charge in [-0.15, -0.1) is 0 Å². The van der Waals surface area contributed by atoms with Crippen molar-refractivity contribution in [3.05, 3.63) is 48.0 Å². The van der Waals surface area contributed by atoms with Gasteiger partial charge in [-0.05, 0) is 36.8 Å². The second kappa shape index (κ2) is 7.28. The highest BCUT2D eigenvalue weighted by molar-refractivity contribution is 6.22. The molecular formula is C20H20N2O5. The third-order valence-corrected chi connectivity index (χ3v) is 4.52. The van der Waals surface area contributed by atoms with E-state index in [1.54, 1.807) is 24.3 Å². The molecule has 1 atom stereocenters. The number of fused-ring (bicyclic) bond motifs is 1. The zero-order valence-electron chi connectivity index (χ0n) is 14.9. The van der Waals surface area contributed by atoms with Gasteiger partial charge >= 0.3 is 0 Å². The van der Waals surface area contributed by atoms with Crippen LogP contribution in [0.5, 0.6) is 17.2 Å². The van der Waals surface area contributed by atoms with Crippen molar-refractivity contribution in [2.24, 2.45) is 0 Å². The molecule has 2 aliphatic rings. The molecule has 27 heavy (non-hydrogen) atoms. The van der Waals surface area contributed by atoms with Crippen LogP contribution in [0.2, 0.25) is 0 Å². The fourth-order valence-electron chi connectivity index (χ4n) is 3.23. The molecule has 2 aromatic carbocycles. The van der Waals surface area contributed by atoms with E-state index in [9.17, 15) is 9.59 Å². The second-order valence-corrected chi connectivity index (χ2v) is 6.32. The van der Waals surface area contributed by atoms with Crippen molar-refractivity contribution >= 4 is 17.5 Å². The minimum atomic E-state index is -0.557. The van der Waals surface area contributed by atoms with Gasteiger partial charge in [0.15, 0.2) is 11.5 Å². The standard InChI is InChI=1S/C20H20N2O5/c1-2-25-15-5-3-4-14(9-15)22-19(23)10-16(20(22)24)21-11-13-6-7-17-18(8-13)27-12-26-17/h3-9,16,21H,2,10-12H2,1H3/t16-/m0/s1. The first-order valence-electron chi connectivity index (χ1n) is 8.87. The number of anilines is 1. The maximum atomic E-state index is 12.8. The summed E-state index contributed by atoms with van der Waals surface area (Å²) in [6.45, 7) is 3.07. The Morgan fingerprint density at radius 3 is 2.85 bits per heavy atom. The Kier molecular flexibility index (Phi) is 4.68. The summed E-state index contributed by atoms with van der Waals surface area (Å²) in [6.07, 6.45) is 0.127. The number of nitrogens with zero attached hydrogens (tertiary/aromatic N) is 1. The zero-order valence-corrected chi connectivity index (χ0v) is 14.9. The summed E-state index contributed by atoms with van der Waals surface area (Å²) in [4.78, 5) is 26.4. The number of carbonyl (C=O) groups is 2. The van der Waals surface area contributed by atoms with Crippen molar-refractivity contribution in [1.82, 2.24) is 5.32 Å². The average Bonchev–Trinajstić information content (AvgIpc) is 3.24. The smallest absolute Gasteiger partial charge is 0.251 e. The minimum absolute atomic E-state index is 0.127. The Hall–Kier alpha value is -3.06. The molecule has 0 aromatic heterocycles. The highest BCUT2D eigenvalue weighted by Crippen LogP contribution is 2.32. The van der Waals surface area contributed by atoms with Crippen LogP contribution in [0.15, 0.2) is 42.5 Å². The summed E-state index contributed by atoms with van der Waals surface area (Å²) in [5, 5.41) is 3.17. The number of nitrogens with one attached hydrogen (secondary N) is 1. The summed E-state index contributed by atoms with van der Waals surface area (Å²) in [5.41, 5.74) is 1.49. The molecule has 2 aliphatic heterocycles. The van der Waals surface area contributed by atoms with Crippen molar-refractivity contribution in [3.8, 4) is 17.2 Å². The molecule has 140 valence electrons. The van der Waals surface area contributed by atoms with Gasteiger partial charge in [0.25, 0.3) is 5.91 Å². The third kappa shape index (κ3) is 3.46. The Morgan fingerprint density at radius 2 is 2.00 bits per heavy atom. The van der Waals surface area contributed by atoms with Gasteiger partial charge in [-0.25, -0.2) is 4.90 Å². The molecule has 1 N–H and O–H groups in total. The monoisotopic (exact) mass is 368 g/mol. The fraction of sp³-hybridized carbons (Fsp3) is 0.300. The number of benzene rings is 2. The van der Waals surface area contributed by atoms with Gasteiger partial charge in [-0.2, -0.15) is 0 Å². The number of rotatable bonds is 6. The van der Waals surface area contributed by atoms with Crippen LogP contribution < -0.4 is 24.4 Å². The maximum Gasteiger partial charge on any atom is 0.251 e. The third-order valence-electron chi connectivity index (χ3n) is 4.52.